The van der Waals surface area contributed by atoms with Crippen LogP contribution in [-0.4, -0.2) is 21.0 Å². The summed E-state index contributed by atoms with van der Waals surface area (Å²) in [4.78, 5) is 37.0. The molecule has 0 atom stereocenters. The summed E-state index contributed by atoms with van der Waals surface area (Å²) in [7, 11) is 0. The van der Waals surface area contributed by atoms with Crippen molar-refractivity contribution in [1.29, 1.82) is 0 Å². The molecule has 1 aliphatic rings. The van der Waals surface area contributed by atoms with Gasteiger partial charge in [0.2, 0.25) is 0 Å². The molecular weight excluding hydrogens is 508 g/mol. The third-order valence-corrected chi connectivity index (χ3v) is 6.57. The number of nitro benzene ring substituents is 1. The number of thioether (sulfide) groups is 1. The summed E-state index contributed by atoms with van der Waals surface area (Å²) < 4.78 is 6.57. The lowest BCUT2D eigenvalue weighted by atomic mass is 10.2. The van der Waals surface area contributed by atoms with Crippen LogP contribution in [0.3, 0.4) is 0 Å². The van der Waals surface area contributed by atoms with Crippen molar-refractivity contribution in [3.63, 3.8) is 0 Å². The monoisotopic (exact) mass is 524 g/mol. The second-order valence-electron chi connectivity index (χ2n) is 7.14. The van der Waals surface area contributed by atoms with Crippen molar-refractivity contribution in [2.24, 2.45) is 0 Å². The van der Waals surface area contributed by atoms with Gasteiger partial charge in [-0.3, -0.25) is 24.6 Å². The first-order valence-corrected chi connectivity index (χ1v) is 11.5. The van der Waals surface area contributed by atoms with E-state index in [9.17, 15) is 19.7 Å². The Labute approximate surface area is 202 Å². The minimum atomic E-state index is -0.446. The highest BCUT2D eigenvalue weighted by Gasteiger charge is 2.35. The molecule has 0 N–H and O–H groups in total. The van der Waals surface area contributed by atoms with Gasteiger partial charge in [-0.1, -0.05) is 46.3 Å². The fourth-order valence-electron chi connectivity index (χ4n) is 3.13. The zero-order chi connectivity index (χ0) is 23.4. The maximum atomic E-state index is 12.8. The van der Waals surface area contributed by atoms with Crippen LogP contribution in [0.2, 0.25) is 0 Å². The smallest absolute Gasteiger partial charge is 0.293 e. The van der Waals surface area contributed by atoms with E-state index in [0.717, 1.165) is 32.9 Å². The number of hydrogen-bond donors (Lipinski definition) is 0. The van der Waals surface area contributed by atoms with E-state index >= 15 is 0 Å². The van der Waals surface area contributed by atoms with E-state index in [2.05, 4.69) is 15.9 Å². The van der Waals surface area contributed by atoms with E-state index in [0.29, 0.717) is 10.7 Å². The van der Waals surface area contributed by atoms with Gasteiger partial charge in [0.1, 0.15) is 12.4 Å². The Morgan fingerprint density at radius 2 is 1.70 bits per heavy atom. The Balaban J connectivity index is 1.39. The summed E-state index contributed by atoms with van der Waals surface area (Å²) >= 11 is 4.37. The van der Waals surface area contributed by atoms with E-state index in [1.807, 2.05) is 24.3 Å². The lowest BCUT2D eigenvalue weighted by Crippen LogP contribution is -2.27. The van der Waals surface area contributed by atoms with Crippen molar-refractivity contribution in [3.8, 4) is 5.75 Å². The zero-order valence-corrected chi connectivity index (χ0v) is 19.5. The molecule has 166 valence electrons. The summed E-state index contributed by atoms with van der Waals surface area (Å²) in [5.41, 5.74) is 2.46. The van der Waals surface area contributed by atoms with Crippen LogP contribution in [-0.2, 0) is 17.9 Å². The Kier molecular flexibility index (Phi) is 6.90. The number of halogens is 1. The highest BCUT2D eigenvalue weighted by Crippen LogP contribution is 2.34. The molecule has 3 aromatic rings. The Hall–Kier alpha value is -3.43. The molecule has 9 heteroatoms. The van der Waals surface area contributed by atoms with E-state index in [-0.39, 0.29) is 30.0 Å². The molecule has 3 aromatic carbocycles. The normalized spacial score (nSPS) is 14.7. The summed E-state index contributed by atoms with van der Waals surface area (Å²) in [5.74, 6) is 0.298. The van der Waals surface area contributed by atoms with Crippen LogP contribution < -0.4 is 4.74 Å². The van der Waals surface area contributed by atoms with Gasteiger partial charge in [0.05, 0.1) is 16.4 Å². The number of rotatable bonds is 7. The predicted octanol–water partition coefficient (Wildman–Crippen LogP) is 6.17. The maximum absolute atomic E-state index is 12.8. The number of non-ortho nitro benzene ring substituents is 1. The van der Waals surface area contributed by atoms with Crippen LogP contribution in [0.25, 0.3) is 6.08 Å². The first kappa shape index (κ1) is 22.8. The zero-order valence-electron chi connectivity index (χ0n) is 17.1. The SMILES string of the molecule is O=C1S/C(=C\c2ccc(OCc3ccc([N+](=O)[O-])cc3)cc2)C(=O)N1Cc1ccccc1Br. The molecule has 0 aromatic heterocycles. The fraction of sp³-hybridized carbons (Fsp3) is 0.0833. The van der Waals surface area contributed by atoms with Gasteiger partial charge in [-0.15, -0.1) is 0 Å². The van der Waals surface area contributed by atoms with Crippen LogP contribution in [0.15, 0.2) is 82.2 Å². The molecule has 0 spiro atoms. The molecule has 4 rings (SSSR count). The van der Waals surface area contributed by atoms with E-state index in [4.69, 9.17) is 4.74 Å². The molecule has 1 saturated heterocycles. The summed E-state index contributed by atoms with van der Waals surface area (Å²) in [5, 5.41) is 10.4. The highest BCUT2D eigenvalue weighted by molar-refractivity contribution is 9.10. The molecular formula is C24H17BrN2O5S. The molecule has 0 saturated carbocycles. The number of carbonyl (C=O) groups is 2. The molecule has 2 amide bonds. The third-order valence-electron chi connectivity index (χ3n) is 4.89. The van der Waals surface area contributed by atoms with Crippen LogP contribution in [0, 0.1) is 10.1 Å². The summed E-state index contributed by atoms with van der Waals surface area (Å²) in [6.07, 6.45) is 1.69. The Bertz CT molecular complexity index is 1240. The fourth-order valence-corrected chi connectivity index (χ4v) is 4.37. The van der Waals surface area contributed by atoms with Crippen LogP contribution in [0.4, 0.5) is 10.5 Å². The number of carbonyl (C=O) groups excluding carboxylic acids is 2. The van der Waals surface area contributed by atoms with Gasteiger partial charge < -0.3 is 4.74 Å². The number of ether oxygens (including phenoxy) is 1. The highest BCUT2D eigenvalue weighted by atomic mass is 79.9. The minimum absolute atomic E-state index is 0.0314. The van der Waals surface area contributed by atoms with Crippen LogP contribution >= 0.6 is 27.7 Å². The first-order chi connectivity index (χ1) is 15.9. The largest absolute Gasteiger partial charge is 0.489 e. The van der Waals surface area contributed by atoms with Gasteiger partial charge in [-0.25, -0.2) is 0 Å². The number of benzene rings is 3. The van der Waals surface area contributed by atoms with Crippen molar-refractivity contribution >= 4 is 50.6 Å². The lowest BCUT2D eigenvalue weighted by Gasteiger charge is -2.13. The summed E-state index contributed by atoms with van der Waals surface area (Å²) in [6, 6.07) is 20.8. The molecule has 1 fully saturated rings. The van der Waals surface area contributed by atoms with Crippen molar-refractivity contribution in [1.82, 2.24) is 4.90 Å². The molecule has 0 unspecified atom stereocenters. The lowest BCUT2D eigenvalue weighted by molar-refractivity contribution is -0.384. The average Bonchev–Trinajstić information content (AvgIpc) is 3.07. The van der Waals surface area contributed by atoms with Crippen LogP contribution in [0.1, 0.15) is 16.7 Å². The van der Waals surface area contributed by atoms with Crippen LogP contribution in [0.5, 0.6) is 5.75 Å². The number of hydrogen-bond acceptors (Lipinski definition) is 6. The Morgan fingerprint density at radius 3 is 2.36 bits per heavy atom. The summed E-state index contributed by atoms with van der Waals surface area (Å²) in [6.45, 7) is 0.476. The predicted molar refractivity (Wildman–Crippen MR) is 130 cm³/mol. The third kappa shape index (κ3) is 5.50. The maximum Gasteiger partial charge on any atom is 0.293 e. The van der Waals surface area contributed by atoms with E-state index in [1.54, 1.807) is 42.5 Å². The first-order valence-electron chi connectivity index (χ1n) is 9.86. The molecule has 0 radical (unpaired) electrons. The van der Waals surface area contributed by atoms with Gasteiger partial charge in [0.25, 0.3) is 16.8 Å². The molecule has 1 heterocycles. The van der Waals surface area contributed by atoms with Gasteiger partial charge in [-0.05, 0) is 64.9 Å². The molecule has 1 aliphatic heterocycles. The van der Waals surface area contributed by atoms with Crippen molar-refractivity contribution < 1.29 is 19.2 Å². The number of nitro groups is 1. The standard InChI is InChI=1S/C24H17BrN2O5S/c25-21-4-2-1-3-18(21)14-26-23(28)22(33-24(26)29)13-16-7-11-20(12-8-16)32-15-17-5-9-19(10-6-17)27(30)31/h1-13H,14-15H2/b22-13-. The van der Waals surface area contributed by atoms with Crippen molar-refractivity contribution in [3.05, 3.63) is 109 Å². The average molecular weight is 525 g/mol. The van der Waals surface area contributed by atoms with Crippen molar-refractivity contribution in [2.45, 2.75) is 13.2 Å². The number of amides is 2. The Morgan fingerprint density at radius 1 is 1.00 bits per heavy atom. The number of nitrogens with zero attached hydrogens (tertiary/aromatic N) is 2. The van der Waals surface area contributed by atoms with Gasteiger partial charge >= 0.3 is 0 Å². The van der Waals surface area contributed by atoms with Gasteiger partial charge in [0, 0.05) is 16.6 Å². The number of imide groups is 1. The van der Waals surface area contributed by atoms with Gasteiger partial charge in [-0.2, -0.15) is 0 Å². The molecule has 33 heavy (non-hydrogen) atoms. The van der Waals surface area contributed by atoms with E-state index < -0.39 is 4.92 Å². The van der Waals surface area contributed by atoms with Crippen molar-refractivity contribution in [2.75, 3.05) is 0 Å². The quantitative estimate of drug-likeness (QED) is 0.208. The second-order valence-corrected chi connectivity index (χ2v) is 8.99. The van der Waals surface area contributed by atoms with Gasteiger partial charge in [0.15, 0.2) is 0 Å². The second kappa shape index (κ2) is 10.0. The molecule has 7 nitrogen and oxygen atoms in total. The minimum Gasteiger partial charge on any atom is -0.489 e. The van der Waals surface area contributed by atoms with E-state index in [1.165, 1.54) is 17.0 Å². The molecule has 0 bridgehead atoms. The topological polar surface area (TPSA) is 89.7 Å². The molecule has 0 aliphatic carbocycles.